The van der Waals surface area contributed by atoms with E-state index in [2.05, 4.69) is 11.4 Å². The standard InChI is InChI=1S/C18H19N3OS/c1-21(12-15-9-7-14(11-19)8-10-15)13-18(22)20-16-5-3-4-6-17(16)23-2/h3-10H,12-13H2,1-2H3,(H,20,22)/p+1. The molecule has 5 heteroatoms. The van der Waals surface area contributed by atoms with E-state index in [1.54, 1.807) is 23.9 Å². The quantitative estimate of drug-likeness (QED) is 0.798. The van der Waals surface area contributed by atoms with Gasteiger partial charge >= 0.3 is 0 Å². The molecule has 0 aliphatic heterocycles. The summed E-state index contributed by atoms with van der Waals surface area (Å²) in [6.07, 6.45) is 1.99. The molecule has 0 fully saturated rings. The van der Waals surface area contributed by atoms with Crippen molar-refractivity contribution in [3.8, 4) is 6.07 Å². The van der Waals surface area contributed by atoms with Gasteiger partial charge in [0.25, 0.3) is 5.91 Å². The van der Waals surface area contributed by atoms with E-state index in [1.807, 2.05) is 49.7 Å². The predicted octanol–water partition coefficient (Wildman–Crippen LogP) is 1.93. The Kier molecular flexibility index (Phi) is 6.21. The Bertz CT molecular complexity index is 707. The molecule has 0 heterocycles. The third kappa shape index (κ3) is 5.13. The number of benzene rings is 2. The second kappa shape index (κ2) is 8.37. The lowest BCUT2D eigenvalue weighted by atomic mass is 10.1. The normalized spacial score (nSPS) is 11.5. The summed E-state index contributed by atoms with van der Waals surface area (Å²) >= 11 is 1.61. The highest BCUT2D eigenvalue weighted by atomic mass is 32.2. The Morgan fingerprint density at radius 1 is 1.22 bits per heavy atom. The first-order chi connectivity index (χ1) is 11.1. The molecule has 1 unspecified atom stereocenters. The van der Waals surface area contributed by atoms with Crippen molar-refractivity contribution in [1.82, 2.24) is 0 Å². The minimum atomic E-state index is -0.00218. The number of anilines is 1. The summed E-state index contributed by atoms with van der Waals surface area (Å²) in [5, 5.41) is 11.8. The van der Waals surface area contributed by atoms with Gasteiger partial charge in [-0.3, -0.25) is 4.79 Å². The number of quaternary nitrogens is 1. The van der Waals surface area contributed by atoms with Crippen LogP contribution in [0.2, 0.25) is 0 Å². The molecule has 0 radical (unpaired) electrons. The number of para-hydroxylation sites is 1. The maximum absolute atomic E-state index is 12.2. The van der Waals surface area contributed by atoms with Crippen LogP contribution in [-0.4, -0.2) is 25.8 Å². The minimum Gasteiger partial charge on any atom is -0.326 e. The smallest absolute Gasteiger partial charge is 0.279 e. The summed E-state index contributed by atoms with van der Waals surface area (Å²) in [7, 11) is 1.98. The van der Waals surface area contributed by atoms with Crippen molar-refractivity contribution in [2.75, 3.05) is 25.2 Å². The number of carbonyl (C=O) groups is 1. The Labute approximate surface area is 141 Å². The molecule has 118 valence electrons. The van der Waals surface area contributed by atoms with Crippen molar-refractivity contribution in [2.24, 2.45) is 0 Å². The first-order valence-electron chi connectivity index (χ1n) is 7.35. The van der Waals surface area contributed by atoms with Crippen LogP contribution >= 0.6 is 11.8 Å². The molecule has 0 bridgehead atoms. The van der Waals surface area contributed by atoms with Gasteiger partial charge in [-0.05, 0) is 30.5 Å². The van der Waals surface area contributed by atoms with Crippen LogP contribution in [0.1, 0.15) is 11.1 Å². The largest absolute Gasteiger partial charge is 0.326 e. The van der Waals surface area contributed by atoms with Crippen LogP contribution in [0.25, 0.3) is 0 Å². The molecule has 4 nitrogen and oxygen atoms in total. The monoisotopic (exact) mass is 326 g/mol. The fourth-order valence-corrected chi connectivity index (χ4v) is 2.88. The Hall–Kier alpha value is -2.29. The summed E-state index contributed by atoms with van der Waals surface area (Å²) in [5.74, 6) is -0.00218. The number of likely N-dealkylation sites (N-methyl/N-ethyl adjacent to an activating group) is 1. The van der Waals surface area contributed by atoms with Crippen LogP contribution in [0.4, 0.5) is 5.69 Å². The number of rotatable bonds is 6. The fourth-order valence-electron chi connectivity index (χ4n) is 2.32. The van der Waals surface area contributed by atoms with Crippen molar-refractivity contribution in [2.45, 2.75) is 11.4 Å². The Morgan fingerprint density at radius 3 is 2.57 bits per heavy atom. The maximum atomic E-state index is 12.2. The van der Waals surface area contributed by atoms with Crippen molar-refractivity contribution in [3.63, 3.8) is 0 Å². The molecule has 0 spiro atoms. The molecule has 23 heavy (non-hydrogen) atoms. The number of carbonyl (C=O) groups excluding carboxylic acids is 1. The van der Waals surface area contributed by atoms with Crippen LogP contribution in [0, 0.1) is 11.3 Å². The number of nitrogens with zero attached hydrogens (tertiary/aromatic N) is 1. The zero-order chi connectivity index (χ0) is 16.7. The molecule has 2 aromatic carbocycles. The Morgan fingerprint density at radius 2 is 1.91 bits per heavy atom. The predicted molar refractivity (Wildman–Crippen MR) is 93.5 cm³/mol. The lowest BCUT2D eigenvalue weighted by Crippen LogP contribution is -3.08. The SMILES string of the molecule is CSc1ccccc1NC(=O)C[NH+](C)Cc1ccc(C#N)cc1. The summed E-state index contributed by atoms with van der Waals surface area (Å²) in [6.45, 7) is 1.13. The van der Waals surface area contributed by atoms with E-state index >= 15 is 0 Å². The molecule has 2 aromatic rings. The van der Waals surface area contributed by atoms with Crippen molar-refractivity contribution in [1.29, 1.82) is 5.26 Å². The Balaban J connectivity index is 1.90. The summed E-state index contributed by atoms with van der Waals surface area (Å²) in [6, 6.07) is 17.4. The first kappa shape index (κ1) is 17.1. The van der Waals surface area contributed by atoms with Crippen LogP contribution in [0.15, 0.2) is 53.4 Å². The third-order valence-corrected chi connectivity index (χ3v) is 4.23. The van der Waals surface area contributed by atoms with Gasteiger partial charge in [0.15, 0.2) is 6.54 Å². The maximum Gasteiger partial charge on any atom is 0.279 e. The molecular weight excluding hydrogens is 306 g/mol. The molecule has 1 amide bonds. The van der Waals surface area contributed by atoms with Crippen LogP contribution in [-0.2, 0) is 11.3 Å². The molecular formula is C18H20N3OS+. The van der Waals surface area contributed by atoms with Crippen molar-refractivity contribution < 1.29 is 9.69 Å². The van der Waals surface area contributed by atoms with Gasteiger partial charge in [-0.1, -0.05) is 24.3 Å². The van der Waals surface area contributed by atoms with Crippen molar-refractivity contribution >= 4 is 23.4 Å². The van der Waals surface area contributed by atoms with E-state index in [1.165, 1.54) is 0 Å². The van der Waals surface area contributed by atoms with Crippen LogP contribution in [0.3, 0.4) is 0 Å². The van der Waals surface area contributed by atoms with E-state index < -0.39 is 0 Å². The van der Waals surface area contributed by atoms with Gasteiger partial charge in [-0.15, -0.1) is 11.8 Å². The molecule has 2 N–H and O–H groups in total. The van der Waals surface area contributed by atoms with E-state index in [4.69, 9.17) is 5.26 Å². The minimum absolute atomic E-state index is 0.00218. The van der Waals surface area contributed by atoms with Gasteiger partial charge in [0.1, 0.15) is 6.54 Å². The van der Waals surface area contributed by atoms with E-state index in [-0.39, 0.29) is 5.91 Å². The zero-order valence-corrected chi connectivity index (χ0v) is 14.1. The highest BCUT2D eigenvalue weighted by molar-refractivity contribution is 7.98. The van der Waals surface area contributed by atoms with E-state index in [0.29, 0.717) is 12.1 Å². The molecule has 2 rings (SSSR count). The molecule has 0 saturated carbocycles. The lowest BCUT2D eigenvalue weighted by Gasteiger charge is -2.15. The second-order valence-electron chi connectivity index (χ2n) is 5.37. The van der Waals surface area contributed by atoms with Crippen LogP contribution in [0.5, 0.6) is 0 Å². The number of hydrogen-bond donors (Lipinski definition) is 2. The number of amides is 1. The van der Waals surface area contributed by atoms with Crippen molar-refractivity contribution in [3.05, 3.63) is 59.7 Å². The summed E-state index contributed by atoms with van der Waals surface area (Å²) in [4.78, 5) is 14.3. The van der Waals surface area contributed by atoms with Gasteiger partial charge < -0.3 is 10.2 Å². The topological polar surface area (TPSA) is 57.3 Å². The summed E-state index contributed by atoms with van der Waals surface area (Å²) in [5.41, 5.74) is 2.62. The average molecular weight is 326 g/mol. The number of nitrogens with one attached hydrogen (secondary N) is 2. The van der Waals surface area contributed by atoms with Gasteiger partial charge in [-0.25, -0.2) is 0 Å². The third-order valence-electron chi connectivity index (χ3n) is 3.43. The number of hydrogen-bond acceptors (Lipinski definition) is 3. The first-order valence-corrected chi connectivity index (χ1v) is 8.58. The molecule has 0 saturated heterocycles. The second-order valence-corrected chi connectivity index (χ2v) is 6.22. The fraction of sp³-hybridized carbons (Fsp3) is 0.222. The molecule has 0 aliphatic rings. The van der Waals surface area contributed by atoms with E-state index in [0.717, 1.165) is 27.6 Å². The highest BCUT2D eigenvalue weighted by Crippen LogP contribution is 2.24. The summed E-state index contributed by atoms with van der Waals surface area (Å²) < 4.78 is 0. The number of thioether (sulfide) groups is 1. The van der Waals surface area contributed by atoms with Crippen LogP contribution < -0.4 is 10.2 Å². The highest BCUT2D eigenvalue weighted by Gasteiger charge is 2.12. The van der Waals surface area contributed by atoms with Gasteiger partial charge in [-0.2, -0.15) is 5.26 Å². The molecule has 1 atom stereocenters. The van der Waals surface area contributed by atoms with E-state index in [9.17, 15) is 4.79 Å². The van der Waals surface area contributed by atoms with Gasteiger partial charge in [0.05, 0.1) is 24.4 Å². The lowest BCUT2D eigenvalue weighted by molar-refractivity contribution is -0.885. The molecule has 0 aromatic heterocycles. The molecule has 0 aliphatic carbocycles. The average Bonchev–Trinajstić information content (AvgIpc) is 2.55. The zero-order valence-electron chi connectivity index (χ0n) is 13.3. The number of nitriles is 1. The van der Waals surface area contributed by atoms with Gasteiger partial charge in [0.2, 0.25) is 0 Å². The van der Waals surface area contributed by atoms with Gasteiger partial charge in [0, 0.05) is 10.5 Å².